The van der Waals surface area contributed by atoms with E-state index in [0.29, 0.717) is 30.2 Å². The molecule has 0 unspecified atom stereocenters. The minimum atomic E-state index is -0.115. The van der Waals surface area contributed by atoms with Gasteiger partial charge in [-0.05, 0) is 42.5 Å². The Bertz CT molecular complexity index is 808. The van der Waals surface area contributed by atoms with Gasteiger partial charge in [0.25, 0.3) is 5.91 Å². The lowest BCUT2D eigenvalue weighted by Gasteiger charge is -2.20. The fraction of sp³-hybridized carbons (Fsp3) is 0.263. The van der Waals surface area contributed by atoms with Crippen molar-refractivity contribution in [2.24, 2.45) is 0 Å². The molecule has 136 valence electrons. The lowest BCUT2D eigenvalue weighted by molar-refractivity contribution is -0.113. The number of likely N-dealkylation sites (N-methyl/N-ethyl adjacent to an activating group) is 1. The number of hydrogen-bond acceptors (Lipinski definition) is 5. The van der Waals surface area contributed by atoms with Crippen LogP contribution in [0, 0.1) is 0 Å². The number of benzene rings is 2. The summed E-state index contributed by atoms with van der Waals surface area (Å²) >= 11 is 1.47. The van der Waals surface area contributed by atoms with Gasteiger partial charge in [0.1, 0.15) is 18.1 Å². The van der Waals surface area contributed by atoms with Crippen LogP contribution in [0.25, 0.3) is 0 Å². The Morgan fingerprint density at radius 2 is 1.92 bits per heavy atom. The highest BCUT2D eigenvalue weighted by molar-refractivity contribution is 8.00. The summed E-state index contributed by atoms with van der Waals surface area (Å²) < 4.78 is 10.8. The smallest absolute Gasteiger partial charge is 0.253 e. The molecule has 1 aliphatic rings. The summed E-state index contributed by atoms with van der Waals surface area (Å²) in [6.45, 7) is 0.829. The third kappa shape index (κ3) is 4.29. The van der Waals surface area contributed by atoms with E-state index < -0.39 is 0 Å². The Labute approximate surface area is 156 Å². The van der Waals surface area contributed by atoms with Crippen LogP contribution in [0.4, 0.5) is 5.69 Å². The standard InChI is InChI=1S/C19H20N2O4S/c1-21(9-10-25-15-6-4-14(24-2)5-7-15)19(23)13-3-8-17-16(11-13)20-18(22)12-26-17/h3-8,11H,9-10,12H2,1-2H3,(H,20,22). The van der Waals surface area contributed by atoms with Crippen molar-refractivity contribution in [3.05, 3.63) is 48.0 Å². The van der Waals surface area contributed by atoms with Crippen LogP contribution in [0.1, 0.15) is 10.4 Å². The van der Waals surface area contributed by atoms with Crippen LogP contribution in [0.2, 0.25) is 0 Å². The second-order valence-electron chi connectivity index (χ2n) is 5.80. The molecule has 2 aromatic carbocycles. The normalized spacial score (nSPS) is 12.8. The maximum atomic E-state index is 12.6. The van der Waals surface area contributed by atoms with Crippen molar-refractivity contribution >= 4 is 29.3 Å². The van der Waals surface area contributed by atoms with Crippen molar-refractivity contribution in [2.75, 3.05) is 38.4 Å². The van der Waals surface area contributed by atoms with Gasteiger partial charge in [-0.3, -0.25) is 9.59 Å². The molecule has 0 radical (unpaired) electrons. The molecule has 3 rings (SSSR count). The van der Waals surface area contributed by atoms with Gasteiger partial charge in [0, 0.05) is 17.5 Å². The molecule has 0 bridgehead atoms. The van der Waals surface area contributed by atoms with E-state index in [1.807, 2.05) is 30.3 Å². The van der Waals surface area contributed by atoms with Crippen molar-refractivity contribution in [2.45, 2.75) is 4.90 Å². The summed E-state index contributed by atoms with van der Waals surface area (Å²) in [7, 11) is 3.34. The van der Waals surface area contributed by atoms with Crippen molar-refractivity contribution < 1.29 is 19.1 Å². The number of carbonyl (C=O) groups excluding carboxylic acids is 2. The first kappa shape index (κ1) is 18.1. The number of rotatable bonds is 6. The number of methoxy groups -OCH3 is 1. The van der Waals surface area contributed by atoms with Crippen LogP contribution in [0.15, 0.2) is 47.4 Å². The highest BCUT2D eigenvalue weighted by atomic mass is 32.2. The zero-order chi connectivity index (χ0) is 18.5. The van der Waals surface area contributed by atoms with Gasteiger partial charge in [0.05, 0.1) is 25.1 Å². The Morgan fingerprint density at radius 1 is 1.19 bits per heavy atom. The summed E-state index contributed by atoms with van der Waals surface area (Å²) in [6, 6.07) is 12.7. The number of carbonyl (C=O) groups is 2. The van der Waals surface area contributed by atoms with E-state index in [2.05, 4.69) is 5.32 Å². The molecular formula is C19H20N2O4S. The van der Waals surface area contributed by atoms with Crippen molar-refractivity contribution in [1.29, 1.82) is 0 Å². The number of nitrogens with zero attached hydrogens (tertiary/aromatic N) is 1. The van der Waals surface area contributed by atoms with Crippen LogP contribution in [-0.4, -0.2) is 49.8 Å². The Kier molecular flexibility index (Phi) is 5.68. The van der Waals surface area contributed by atoms with Crippen LogP contribution in [0.3, 0.4) is 0 Å². The zero-order valence-corrected chi connectivity index (χ0v) is 15.5. The molecule has 2 aromatic rings. The summed E-state index contributed by atoms with van der Waals surface area (Å²) in [5, 5.41) is 2.80. The third-order valence-corrected chi connectivity index (χ3v) is 5.03. The fourth-order valence-electron chi connectivity index (χ4n) is 2.51. The zero-order valence-electron chi connectivity index (χ0n) is 14.7. The number of nitrogens with one attached hydrogen (secondary N) is 1. The molecule has 0 aliphatic carbocycles. The number of ether oxygens (including phenoxy) is 2. The molecule has 26 heavy (non-hydrogen) atoms. The Hall–Kier alpha value is -2.67. The van der Waals surface area contributed by atoms with E-state index in [1.165, 1.54) is 11.8 Å². The fourth-order valence-corrected chi connectivity index (χ4v) is 3.30. The van der Waals surface area contributed by atoms with Crippen LogP contribution >= 0.6 is 11.8 Å². The molecule has 0 saturated carbocycles. The summed E-state index contributed by atoms with van der Waals surface area (Å²) in [5.74, 6) is 1.73. The predicted octanol–water partition coefficient (Wildman–Crippen LogP) is 2.89. The van der Waals surface area contributed by atoms with Crippen molar-refractivity contribution in [3.63, 3.8) is 0 Å². The quantitative estimate of drug-likeness (QED) is 0.844. The number of amides is 2. The van der Waals surface area contributed by atoms with E-state index in [4.69, 9.17) is 9.47 Å². The van der Waals surface area contributed by atoms with Gasteiger partial charge in [0.2, 0.25) is 5.91 Å². The van der Waals surface area contributed by atoms with Gasteiger partial charge < -0.3 is 19.7 Å². The largest absolute Gasteiger partial charge is 0.497 e. The minimum absolute atomic E-state index is 0.0478. The Balaban J connectivity index is 1.55. The lowest BCUT2D eigenvalue weighted by atomic mass is 10.1. The molecule has 0 aromatic heterocycles. The monoisotopic (exact) mass is 372 g/mol. The Morgan fingerprint density at radius 3 is 2.65 bits per heavy atom. The first-order chi connectivity index (χ1) is 12.6. The molecule has 1 heterocycles. The number of hydrogen-bond donors (Lipinski definition) is 1. The molecule has 1 aliphatic heterocycles. The number of anilines is 1. The molecule has 6 nitrogen and oxygen atoms in total. The molecule has 7 heteroatoms. The molecule has 0 spiro atoms. The van der Waals surface area contributed by atoms with Gasteiger partial charge in [0.15, 0.2) is 0 Å². The molecular weight excluding hydrogens is 352 g/mol. The lowest BCUT2D eigenvalue weighted by Crippen LogP contribution is -2.31. The maximum absolute atomic E-state index is 12.6. The number of thioether (sulfide) groups is 1. The third-order valence-electron chi connectivity index (χ3n) is 3.96. The van der Waals surface area contributed by atoms with E-state index in [-0.39, 0.29) is 11.8 Å². The van der Waals surface area contributed by atoms with Gasteiger partial charge in [-0.2, -0.15) is 0 Å². The highest BCUT2D eigenvalue weighted by Crippen LogP contribution is 2.32. The van der Waals surface area contributed by atoms with Gasteiger partial charge in [-0.15, -0.1) is 11.8 Å². The topological polar surface area (TPSA) is 67.9 Å². The van der Waals surface area contributed by atoms with Gasteiger partial charge in [-0.1, -0.05) is 0 Å². The summed E-state index contributed by atoms with van der Waals surface area (Å²) in [4.78, 5) is 26.7. The number of fused-ring (bicyclic) bond motifs is 1. The molecule has 2 amide bonds. The second-order valence-corrected chi connectivity index (χ2v) is 6.82. The van der Waals surface area contributed by atoms with E-state index in [1.54, 1.807) is 31.2 Å². The van der Waals surface area contributed by atoms with E-state index in [0.717, 1.165) is 16.4 Å². The SMILES string of the molecule is COc1ccc(OCCN(C)C(=O)c2ccc3c(c2)NC(=O)CS3)cc1. The predicted molar refractivity (Wildman–Crippen MR) is 101 cm³/mol. The first-order valence-corrected chi connectivity index (χ1v) is 9.14. The molecule has 0 fully saturated rings. The second kappa shape index (κ2) is 8.14. The minimum Gasteiger partial charge on any atom is -0.497 e. The summed E-state index contributed by atoms with van der Waals surface area (Å²) in [6.07, 6.45) is 0. The van der Waals surface area contributed by atoms with E-state index >= 15 is 0 Å². The average molecular weight is 372 g/mol. The summed E-state index contributed by atoms with van der Waals surface area (Å²) in [5.41, 5.74) is 1.23. The van der Waals surface area contributed by atoms with E-state index in [9.17, 15) is 9.59 Å². The van der Waals surface area contributed by atoms with Crippen LogP contribution in [-0.2, 0) is 4.79 Å². The molecule has 0 saturated heterocycles. The molecule has 1 N–H and O–H groups in total. The van der Waals surface area contributed by atoms with Gasteiger partial charge >= 0.3 is 0 Å². The van der Waals surface area contributed by atoms with Crippen molar-refractivity contribution in [3.8, 4) is 11.5 Å². The maximum Gasteiger partial charge on any atom is 0.253 e. The first-order valence-electron chi connectivity index (χ1n) is 8.16. The highest BCUT2D eigenvalue weighted by Gasteiger charge is 2.18. The molecule has 0 atom stereocenters. The van der Waals surface area contributed by atoms with Gasteiger partial charge in [-0.25, -0.2) is 0 Å². The van der Waals surface area contributed by atoms with Crippen molar-refractivity contribution in [1.82, 2.24) is 4.90 Å². The van der Waals surface area contributed by atoms with Crippen LogP contribution < -0.4 is 14.8 Å². The average Bonchev–Trinajstić information content (AvgIpc) is 2.67. The van der Waals surface area contributed by atoms with Crippen LogP contribution in [0.5, 0.6) is 11.5 Å².